The predicted molar refractivity (Wildman–Crippen MR) is 71.8 cm³/mol. The van der Waals surface area contributed by atoms with Crippen molar-refractivity contribution < 1.29 is 19.4 Å². The van der Waals surface area contributed by atoms with E-state index >= 15 is 0 Å². The normalized spacial score (nSPS) is 27.4. The van der Waals surface area contributed by atoms with Gasteiger partial charge < -0.3 is 14.6 Å². The number of carbonyl (C=O) groups excluding carboxylic acids is 1. The first-order chi connectivity index (χ1) is 10.3. The molecule has 2 rings (SSSR count). The molecule has 1 fully saturated rings. The lowest BCUT2D eigenvalue weighted by Crippen LogP contribution is -2.43. The topological polar surface area (TPSA) is 134 Å². The van der Waals surface area contributed by atoms with E-state index in [-0.39, 0.29) is 12.0 Å². The van der Waals surface area contributed by atoms with Crippen molar-refractivity contribution in [1.29, 1.82) is 5.26 Å². The van der Waals surface area contributed by atoms with Crippen molar-refractivity contribution >= 4 is 5.97 Å². The largest absolute Gasteiger partial charge is 0.462 e. The van der Waals surface area contributed by atoms with E-state index in [0.717, 1.165) is 4.57 Å². The van der Waals surface area contributed by atoms with Gasteiger partial charge in [-0.1, -0.05) is 0 Å². The highest BCUT2D eigenvalue weighted by Gasteiger charge is 2.50. The zero-order valence-electron chi connectivity index (χ0n) is 12.0. The van der Waals surface area contributed by atoms with Gasteiger partial charge in [0.2, 0.25) is 5.60 Å². The van der Waals surface area contributed by atoms with Crippen molar-refractivity contribution in [2.45, 2.75) is 38.2 Å². The number of hydrogen-bond donors (Lipinski definition) is 2. The van der Waals surface area contributed by atoms with Gasteiger partial charge in [-0.05, 0) is 6.92 Å². The van der Waals surface area contributed by atoms with Gasteiger partial charge in [-0.3, -0.25) is 19.1 Å². The predicted octanol–water partition coefficient (Wildman–Crippen LogP) is -1.05. The van der Waals surface area contributed by atoms with Crippen LogP contribution in [0.2, 0.25) is 0 Å². The van der Waals surface area contributed by atoms with Crippen LogP contribution in [0, 0.1) is 18.3 Å². The summed E-state index contributed by atoms with van der Waals surface area (Å²) in [7, 11) is 0. The molecule has 0 bridgehead atoms. The van der Waals surface area contributed by atoms with Crippen LogP contribution in [0.4, 0.5) is 0 Å². The molecule has 1 aromatic heterocycles. The van der Waals surface area contributed by atoms with Crippen LogP contribution in [0.3, 0.4) is 0 Å². The summed E-state index contributed by atoms with van der Waals surface area (Å²) >= 11 is 0. The molecule has 9 heteroatoms. The second kappa shape index (κ2) is 5.75. The molecular weight excluding hydrogens is 294 g/mol. The fourth-order valence-electron chi connectivity index (χ4n) is 2.19. The molecule has 0 saturated carbocycles. The lowest BCUT2D eigenvalue weighted by atomic mass is 10.00. The summed E-state index contributed by atoms with van der Waals surface area (Å²) in [6.07, 6.45) is -0.966. The molecule has 1 aromatic rings. The van der Waals surface area contributed by atoms with Crippen LogP contribution >= 0.6 is 0 Å². The fraction of sp³-hybridized carbons (Fsp3) is 0.538. The van der Waals surface area contributed by atoms with Gasteiger partial charge in [0.05, 0.1) is 0 Å². The van der Waals surface area contributed by atoms with Gasteiger partial charge in [0, 0.05) is 25.1 Å². The van der Waals surface area contributed by atoms with E-state index in [1.807, 2.05) is 0 Å². The maximum atomic E-state index is 11.8. The first-order valence-corrected chi connectivity index (χ1v) is 6.51. The Labute approximate surface area is 124 Å². The number of H-pyrrole nitrogens is 1. The van der Waals surface area contributed by atoms with E-state index < -0.39 is 41.8 Å². The number of nitrogens with one attached hydrogen (secondary N) is 1. The number of hydrogen-bond acceptors (Lipinski definition) is 7. The van der Waals surface area contributed by atoms with Crippen molar-refractivity contribution in [3.63, 3.8) is 0 Å². The zero-order chi connectivity index (χ0) is 16.5. The summed E-state index contributed by atoms with van der Waals surface area (Å²) in [5, 5.41) is 19.3. The molecule has 0 aromatic carbocycles. The molecule has 22 heavy (non-hydrogen) atoms. The van der Waals surface area contributed by atoms with Crippen LogP contribution in [0.25, 0.3) is 0 Å². The van der Waals surface area contributed by atoms with E-state index in [1.54, 1.807) is 6.07 Å². The number of nitriles is 1. The molecule has 2 heterocycles. The van der Waals surface area contributed by atoms with Gasteiger partial charge in [0.25, 0.3) is 5.56 Å². The molecule has 0 unspecified atom stereocenters. The van der Waals surface area contributed by atoms with Crippen molar-refractivity contribution in [3.05, 3.63) is 32.6 Å². The van der Waals surface area contributed by atoms with Crippen molar-refractivity contribution in [3.8, 4) is 6.07 Å². The van der Waals surface area contributed by atoms with Crippen LogP contribution in [0.15, 0.2) is 15.8 Å². The Morgan fingerprint density at radius 2 is 2.36 bits per heavy atom. The zero-order valence-corrected chi connectivity index (χ0v) is 12.0. The molecule has 2 N–H and O–H groups in total. The SMILES string of the molecule is CC(=O)OC[C@@]1(C#N)O[C@@H](n2cc(C)c(=O)[nH]c2=O)C[C@@H]1O. The van der Waals surface area contributed by atoms with E-state index in [2.05, 4.69) is 4.98 Å². The van der Waals surface area contributed by atoms with E-state index in [9.17, 15) is 24.8 Å². The van der Waals surface area contributed by atoms with Crippen LogP contribution in [0.5, 0.6) is 0 Å². The molecular formula is C13H15N3O6. The van der Waals surface area contributed by atoms with Gasteiger partial charge in [0.15, 0.2) is 0 Å². The lowest BCUT2D eigenvalue weighted by Gasteiger charge is -2.23. The second-order valence-electron chi connectivity index (χ2n) is 5.08. The number of carbonyl (C=O) groups is 1. The summed E-state index contributed by atoms with van der Waals surface area (Å²) in [4.78, 5) is 36.2. The number of aromatic amines is 1. The first-order valence-electron chi connectivity index (χ1n) is 6.51. The maximum absolute atomic E-state index is 11.8. The van der Waals surface area contributed by atoms with Gasteiger partial charge in [-0.2, -0.15) is 5.26 Å². The minimum Gasteiger partial charge on any atom is -0.462 e. The maximum Gasteiger partial charge on any atom is 0.330 e. The van der Waals surface area contributed by atoms with Gasteiger partial charge in [-0.25, -0.2) is 4.79 Å². The number of aliphatic hydroxyl groups excluding tert-OH is 1. The fourth-order valence-corrected chi connectivity index (χ4v) is 2.19. The highest BCUT2D eigenvalue weighted by Crippen LogP contribution is 2.36. The van der Waals surface area contributed by atoms with Gasteiger partial charge in [-0.15, -0.1) is 0 Å². The molecule has 9 nitrogen and oxygen atoms in total. The Balaban J connectivity index is 2.32. The molecule has 0 radical (unpaired) electrons. The van der Waals surface area contributed by atoms with Crippen LogP contribution in [-0.2, 0) is 14.3 Å². The van der Waals surface area contributed by atoms with E-state index in [1.165, 1.54) is 20.0 Å². The smallest absolute Gasteiger partial charge is 0.330 e. The number of nitrogens with zero attached hydrogens (tertiary/aromatic N) is 2. The Hall–Kier alpha value is -2.44. The molecule has 1 aliphatic heterocycles. The summed E-state index contributed by atoms with van der Waals surface area (Å²) in [6.45, 7) is 2.23. The summed E-state index contributed by atoms with van der Waals surface area (Å²) in [5.41, 5.74) is -2.70. The van der Waals surface area contributed by atoms with Crippen molar-refractivity contribution in [2.24, 2.45) is 0 Å². The minimum atomic E-state index is -1.75. The molecule has 0 spiro atoms. The molecule has 1 aliphatic rings. The van der Waals surface area contributed by atoms with E-state index in [0.29, 0.717) is 0 Å². The second-order valence-corrected chi connectivity index (χ2v) is 5.08. The molecule has 0 aliphatic carbocycles. The van der Waals surface area contributed by atoms with Crippen molar-refractivity contribution in [1.82, 2.24) is 9.55 Å². The summed E-state index contributed by atoms with van der Waals surface area (Å²) in [6, 6.07) is 1.79. The van der Waals surface area contributed by atoms with Crippen LogP contribution in [-0.4, -0.2) is 38.9 Å². The quantitative estimate of drug-likeness (QED) is 0.680. The molecule has 118 valence electrons. The third-order valence-electron chi connectivity index (χ3n) is 3.44. The van der Waals surface area contributed by atoms with Crippen molar-refractivity contribution in [2.75, 3.05) is 6.61 Å². The minimum absolute atomic E-state index is 0.0553. The highest BCUT2D eigenvalue weighted by molar-refractivity contribution is 5.66. The van der Waals surface area contributed by atoms with Crippen LogP contribution < -0.4 is 11.2 Å². The Morgan fingerprint density at radius 3 is 2.95 bits per heavy atom. The number of aliphatic hydroxyl groups is 1. The Bertz CT molecular complexity index is 745. The standard InChI is InChI=1S/C13H15N3O6/c1-7-4-16(12(20)15-11(7)19)10-3-9(18)13(5-14,22-10)6-21-8(2)17/h4,9-10,18H,3,6H2,1-2H3,(H,15,19,20)/t9-,10+,13+/m0/s1. The average Bonchev–Trinajstić information content (AvgIpc) is 2.78. The number of esters is 1. The summed E-state index contributed by atoms with van der Waals surface area (Å²) < 4.78 is 11.3. The highest BCUT2D eigenvalue weighted by atomic mass is 16.6. The Kier molecular flexibility index (Phi) is 4.16. The number of aryl methyl sites for hydroxylation is 1. The van der Waals surface area contributed by atoms with Crippen LogP contribution in [0.1, 0.15) is 25.1 Å². The number of aromatic nitrogens is 2. The first kappa shape index (κ1) is 15.9. The lowest BCUT2D eigenvalue weighted by molar-refractivity contribution is -0.154. The van der Waals surface area contributed by atoms with E-state index in [4.69, 9.17) is 9.47 Å². The molecule has 0 amide bonds. The average molecular weight is 309 g/mol. The summed E-state index contributed by atoms with van der Waals surface area (Å²) in [5.74, 6) is -0.620. The molecule has 1 saturated heterocycles. The Morgan fingerprint density at radius 1 is 1.68 bits per heavy atom. The molecule has 3 atom stereocenters. The van der Waals surface area contributed by atoms with Gasteiger partial charge >= 0.3 is 11.7 Å². The van der Waals surface area contributed by atoms with Gasteiger partial charge in [0.1, 0.15) is 25.0 Å². The number of rotatable bonds is 3. The monoisotopic (exact) mass is 309 g/mol. The third kappa shape index (κ3) is 2.79. The number of ether oxygens (including phenoxy) is 2. The third-order valence-corrected chi connectivity index (χ3v) is 3.44.